The average Bonchev–Trinajstić information content (AvgIpc) is 3.24. The molecule has 2 N–H and O–H groups in total. The molecule has 1 saturated carbocycles. The lowest BCUT2D eigenvalue weighted by atomic mass is 10.0. The Morgan fingerprint density at radius 1 is 1.38 bits per heavy atom. The van der Waals surface area contributed by atoms with Gasteiger partial charge in [-0.1, -0.05) is 50.6 Å². The second-order valence-electron chi connectivity index (χ2n) is 6.60. The molecule has 0 aliphatic heterocycles. The van der Waals surface area contributed by atoms with Crippen LogP contribution >= 0.6 is 11.8 Å². The Bertz CT molecular complexity index is 692. The fourth-order valence-electron chi connectivity index (χ4n) is 3.01. The summed E-state index contributed by atoms with van der Waals surface area (Å²) in [6.07, 6.45) is 4.91. The molecule has 3 rings (SSSR count). The van der Waals surface area contributed by atoms with E-state index in [-0.39, 0.29) is 5.91 Å². The number of nitrogens with one attached hydrogen (secondary N) is 2. The van der Waals surface area contributed by atoms with Crippen LogP contribution in [0.4, 0.5) is 5.69 Å². The minimum atomic E-state index is -0.0341. The minimum Gasteiger partial charge on any atom is -0.325 e. The predicted octanol–water partition coefficient (Wildman–Crippen LogP) is 4.32. The molecule has 1 fully saturated rings. The van der Waals surface area contributed by atoms with Crippen molar-refractivity contribution >= 4 is 23.4 Å². The maximum absolute atomic E-state index is 12.1. The molecule has 1 aliphatic rings. The van der Waals surface area contributed by atoms with Crippen LogP contribution in [0.5, 0.6) is 0 Å². The van der Waals surface area contributed by atoms with Gasteiger partial charge in [0.1, 0.15) is 5.82 Å². The zero-order valence-electron chi connectivity index (χ0n) is 14.2. The third-order valence-electron chi connectivity index (χ3n) is 4.39. The zero-order valence-corrected chi connectivity index (χ0v) is 15.0. The molecule has 0 atom stereocenters. The van der Waals surface area contributed by atoms with Crippen molar-refractivity contribution in [1.82, 2.24) is 15.2 Å². The number of aromatic nitrogens is 3. The standard InChI is InChI=1S/C18H24N4OS/c1-12(2)14-8-5-9-15(10-14)19-16(23)11-24-18-20-17(21-22-18)13-6-3-4-7-13/h5,8-10,12-13H,3-4,6-7,11H2,1-2H3,(H,19,23)(H,20,21,22). The SMILES string of the molecule is CC(C)c1cccc(NC(=O)CSc2n[nH]c(C3CCCC3)n2)c1. The van der Waals surface area contributed by atoms with Gasteiger partial charge < -0.3 is 5.32 Å². The van der Waals surface area contributed by atoms with E-state index in [0.717, 1.165) is 11.5 Å². The van der Waals surface area contributed by atoms with Crippen LogP contribution in [0.1, 0.15) is 62.8 Å². The molecule has 0 unspecified atom stereocenters. The molecule has 0 bridgehead atoms. The fraction of sp³-hybridized carbons (Fsp3) is 0.500. The Kier molecular flexibility index (Phi) is 5.56. The minimum absolute atomic E-state index is 0.0341. The molecule has 1 heterocycles. The van der Waals surface area contributed by atoms with E-state index in [1.165, 1.54) is 43.0 Å². The van der Waals surface area contributed by atoms with Crippen molar-refractivity contribution in [3.05, 3.63) is 35.7 Å². The molecule has 5 nitrogen and oxygen atoms in total. The van der Waals surface area contributed by atoms with E-state index in [0.29, 0.717) is 22.7 Å². The van der Waals surface area contributed by atoms with Gasteiger partial charge in [0.25, 0.3) is 0 Å². The Morgan fingerprint density at radius 3 is 2.92 bits per heavy atom. The molecule has 6 heteroatoms. The van der Waals surface area contributed by atoms with E-state index in [1.54, 1.807) is 0 Å². The molecular weight excluding hydrogens is 320 g/mol. The summed E-state index contributed by atoms with van der Waals surface area (Å²) in [5.74, 6) is 2.21. The highest BCUT2D eigenvalue weighted by Crippen LogP contribution is 2.32. The molecule has 1 amide bonds. The Hall–Kier alpha value is -1.82. The largest absolute Gasteiger partial charge is 0.325 e. The van der Waals surface area contributed by atoms with Crippen LogP contribution in [0.2, 0.25) is 0 Å². The van der Waals surface area contributed by atoms with Crippen LogP contribution in [-0.2, 0) is 4.79 Å². The van der Waals surface area contributed by atoms with Crippen LogP contribution < -0.4 is 5.32 Å². The first-order valence-corrected chi connectivity index (χ1v) is 9.55. The topological polar surface area (TPSA) is 70.7 Å². The number of aromatic amines is 1. The van der Waals surface area contributed by atoms with E-state index in [1.807, 2.05) is 18.2 Å². The molecule has 0 radical (unpaired) electrons. The summed E-state index contributed by atoms with van der Waals surface area (Å²) in [7, 11) is 0. The molecule has 128 valence electrons. The summed E-state index contributed by atoms with van der Waals surface area (Å²) in [5.41, 5.74) is 2.06. The van der Waals surface area contributed by atoms with E-state index < -0.39 is 0 Å². The van der Waals surface area contributed by atoms with Crippen molar-refractivity contribution in [2.75, 3.05) is 11.1 Å². The van der Waals surface area contributed by atoms with E-state index in [4.69, 9.17) is 0 Å². The summed E-state index contributed by atoms with van der Waals surface area (Å²) in [6, 6.07) is 7.99. The number of thioether (sulfide) groups is 1. The molecule has 0 saturated heterocycles. The van der Waals surface area contributed by atoms with Crippen molar-refractivity contribution in [3.8, 4) is 0 Å². The highest BCUT2D eigenvalue weighted by atomic mass is 32.2. The lowest BCUT2D eigenvalue weighted by Gasteiger charge is -2.09. The molecule has 2 aromatic rings. The molecule has 1 aromatic carbocycles. The van der Waals surface area contributed by atoms with Gasteiger partial charge in [0, 0.05) is 11.6 Å². The molecular formula is C18H24N4OS. The first-order valence-electron chi connectivity index (χ1n) is 8.56. The van der Waals surface area contributed by atoms with Crippen LogP contribution in [0, 0.1) is 0 Å². The maximum atomic E-state index is 12.1. The van der Waals surface area contributed by atoms with Gasteiger partial charge in [-0.05, 0) is 36.5 Å². The number of hydrogen-bond donors (Lipinski definition) is 2. The van der Waals surface area contributed by atoms with Crippen molar-refractivity contribution in [3.63, 3.8) is 0 Å². The number of amides is 1. The van der Waals surface area contributed by atoms with Gasteiger partial charge in [0.2, 0.25) is 11.1 Å². The van der Waals surface area contributed by atoms with Gasteiger partial charge in [-0.25, -0.2) is 4.98 Å². The Balaban J connectivity index is 1.51. The van der Waals surface area contributed by atoms with Crippen molar-refractivity contribution < 1.29 is 4.79 Å². The van der Waals surface area contributed by atoms with Crippen LogP contribution in [0.25, 0.3) is 0 Å². The monoisotopic (exact) mass is 344 g/mol. The second kappa shape index (κ2) is 7.83. The predicted molar refractivity (Wildman–Crippen MR) is 97.5 cm³/mol. The number of anilines is 1. The normalized spacial score (nSPS) is 15.1. The quantitative estimate of drug-likeness (QED) is 0.766. The van der Waals surface area contributed by atoms with E-state index in [9.17, 15) is 4.79 Å². The number of hydrogen-bond acceptors (Lipinski definition) is 4. The fourth-order valence-corrected chi connectivity index (χ4v) is 3.61. The first-order chi connectivity index (χ1) is 11.6. The highest BCUT2D eigenvalue weighted by Gasteiger charge is 2.20. The first kappa shape index (κ1) is 17.0. The number of carbonyl (C=O) groups is 1. The summed E-state index contributed by atoms with van der Waals surface area (Å²) < 4.78 is 0. The van der Waals surface area contributed by atoms with Gasteiger partial charge in [0.05, 0.1) is 5.75 Å². The average molecular weight is 344 g/mol. The molecule has 0 spiro atoms. The van der Waals surface area contributed by atoms with Crippen molar-refractivity contribution in [2.24, 2.45) is 0 Å². The molecule has 1 aliphatic carbocycles. The smallest absolute Gasteiger partial charge is 0.234 e. The number of carbonyl (C=O) groups excluding carboxylic acids is 1. The van der Waals surface area contributed by atoms with Crippen LogP contribution in [0.15, 0.2) is 29.4 Å². The maximum Gasteiger partial charge on any atom is 0.234 e. The van der Waals surface area contributed by atoms with Gasteiger partial charge in [-0.15, -0.1) is 5.10 Å². The Morgan fingerprint density at radius 2 is 2.17 bits per heavy atom. The highest BCUT2D eigenvalue weighted by molar-refractivity contribution is 7.99. The number of nitrogens with zero attached hydrogens (tertiary/aromatic N) is 2. The number of rotatable bonds is 6. The summed E-state index contributed by atoms with van der Waals surface area (Å²) in [6.45, 7) is 4.28. The van der Waals surface area contributed by atoms with E-state index in [2.05, 4.69) is 40.4 Å². The molecule has 24 heavy (non-hydrogen) atoms. The van der Waals surface area contributed by atoms with Gasteiger partial charge in [-0.2, -0.15) is 0 Å². The van der Waals surface area contributed by atoms with Gasteiger partial charge in [-0.3, -0.25) is 9.89 Å². The summed E-state index contributed by atoms with van der Waals surface area (Å²) >= 11 is 1.37. The second-order valence-corrected chi connectivity index (χ2v) is 7.54. The number of H-pyrrole nitrogens is 1. The summed E-state index contributed by atoms with van der Waals surface area (Å²) in [4.78, 5) is 16.7. The van der Waals surface area contributed by atoms with Crippen molar-refractivity contribution in [1.29, 1.82) is 0 Å². The van der Waals surface area contributed by atoms with Crippen molar-refractivity contribution in [2.45, 2.75) is 56.5 Å². The zero-order chi connectivity index (χ0) is 16.9. The Labute approximate surface area is 147 Å². The summed E-state index contributed by atoms with van der Waals surface area (Å²) in [5, 5.41) is 10.9. The van der Waals surface area contributed by atoms with Gasteiger partial charge >= 0.3 is 0 Å². The lowest BCUT2D eigenvalue weighted by molar-refractivity contribution is -0.113. The van der Waals surface area contributed by atoms with Crippen LogP contribution in [0.3, 0.4) is 0 Å². The third kappa shape index (κ3) is 4.38. The molecule has 1 aromatic heterocycles. The lowest BCUT2D eigenvalue weighted by Crippen LogP contribution is -2.14. The van der Waals surface area contributed by atoms with Gasteiger partial charge in [0.15, 0.2) is 0 Å². The number of benzene rings is 1. The van der Waals surface area contributed by atoms with Crippen LogP contribution in [-0.4, -0.2) is 26.8 Å². The van der Waals surface area contributed by atoms with E-state index >= 15 is 0 Å². The third-order valence-corrected chi connectivity index (χ3v) is 5.24.